The lowest BCUT2D eigenvalue weighted by atomic mass is 10.3. The number of thioether (sulfide) groups is 1. The van der Waals surface area contributed by atoms with Crippen molar-refractivity contribution in [3.8, 4) is 0 Å². The van der Waals surface area contributed by atoms with Gasteiger partial charge in [-0.2, -0.15) is 0 Å². The molecule has 0 saturated heterocycles. The first-order valence-electron chi connectivity index (χ1n) is 7.21. The summed E-state index contributed by atoms with van der Waals surface area (Å²) >= 11 is 1.24. The standard InChI is InChI=1S/C14H16N6O2S/c1-2-7-15-13(22)17-11(21)8-23-14-19-18-12-16-9-5-3-4-6-10(9)20(12)14/h3-6H,2,7-8H2,1H3,(H,16,18)(H2,15,17,21,22). The van der Waals surface area contributed by atoms with Crippen LogP contribution in [0.15, 0.2) is 29.4 Å². The van der Waals surface area contributed by atoms with Gasteiger partial charge in [0, 0.05) is 6.54 Å². The Kier molecular flexibility index (Phi) is 4.47. The zero-order valence-electron chi connectivity index (χ0n) is 12.5. The Labute approximate surface area is 136 Å². The Morgan fingerprint density at radius 2 is 2.17 bits per heavy atom. The first kappa shape index (κ1) is 15.3. The number of benzene rings is 1. The van der Waals surface area contributed by atoms with Gasteiger partial charge in [0.2, 0.25) is 11.7 Å². The topological polar surface area (TPSA) is 104 Å². The summed E-state index contributed by atoms with van der Waals surface area (Å²) in [6, 6.07) is 7.21. The van der Waals surface area contributed by atoms with Crippen LogP contribution in [-0.2, 0) is 4.79 Å². The number of carbonyl (C=O) groups is 2. The fraction of sp³-hybridized carbons (Fsp3) is 0.286. The van der Waals surface area contributed by atoms with Gasteiger partial charge < -0.3 is 5.32 Å². The van der Waals surface area contributed by atoms with E-state index in [4.69, 9.17) is 0 Å². The van der Waals surface area contributed by atoms with Crippen molar-refractivity contribution < 1.29 is 9.59 Å². The number of hydrogen-bond acceptors (Lipinski definition) is 5. The van der Waals surface area contributed by atoms with E-state index in [9.17, 15) is 9.59 Å². The average molecular weight is 332 g/mol. The molecule has 0 spiro atoms. The number of aromatic nitrogens is 4. The summed E-state index contributed by atoms with van der Waals surface area (Å²) in [7, 11) is 0. The molecule has 0 unspecified atom stereocenters. The van der Waals surface area contributed by atoms with Crippen LogP contribution in [0, 0.1) is 0 Å². The van der Waals surface area contributed by atoms with Crippen molar-refractivity contribution in [2.45, 2.75) is 18.5 Å². The number of amides is 3. The fourth-order valence-electron chi connectivity index (χ4n) is 2.11. The lowest BCUT2D eigenvalue weighted by Gasteiger charge is -2.04. The van der Waals surface area contributed by atoms with Crippen molar-refractivity contribution in [1.29, 1.82) is 0 Å². The summed E-state index contributed by atoms with van der Waals surface area (Å²) in [5.74, 6) is 0.338. The van der Waals surface area contributed by atoms with Crippen LogP contribution in [0.2, 0.25) is 0 Å². The largest absolute Gasteiger partial charge is 0.338 e. The van der Waals surface area contributed by atoms with Gasteiger partial charge in [-0.15, -0.1) is 5.10 Å². The van der Waals surface area contributed by atoms with E-state index in [1.54, 1.807) is 0 Å². The monoisotopic (exact) mass is 332 g/mol. The Hall–Kier alpha value is -2.55. The number of nitrogens with one attached hydrogen (secondary N) is 3. The molecule has 0 fully saturated rings. The van der Waals surface area contributed by atoms with Crippen LogP contribution < -0.4 is 10.6 Å². The highest BCUT2D eigenvalue weighted by atomic mass is 32.2. The number of H-pyrrole nitrogens is 1. The number of para-hydroxylation sites is 2. The maximum atomic E-state index is 11.8. The molecule has 0 aliphatic rings. The highest BCUT2D eigenvalue weighted by Crippen LogP contribution is 2.22. The van der Waals surface area contributed by atoms with E-state index in [1.165, 1.54) is 11.8 Å². The fourth-order valence-corrected chi connectivity index (χ4v) is 2.87. The Morgan fingerprint density at radius 3 is 3.00 bits per heavy atom. The molecular formula is C14H16N6O2S. The second-order valence-corrected chi connectivity index (χ2v) is 5.80. The highest BCUT2D eigenvalue weighted by Gasteiger charge is 2.14. The van der Waals surface area contributed by atoms with E-state index in [2.05, 4.69) is 25.8 Å². The molecule has 0 aliphatic carbocycles. The minimum absolute atomic E-state index is 0.0893. The molecule has 3 amide bonds. The summed E-state index contributed by atoms with van der Waals surface area (Å²) in [4.78, 5) is 27.6. The molecule has 2 aromatic heterocycles. The third kappa shape index (κ3) is 3.29. The van der Waals surface area contributed by atoms with Gasteiger partial charge >= 0.3 is 6.03 Å². The Morgan fingerprint density at radius 1 is 1.35 bits per heavy atom. The zero-order valence-corrected chi connectivity index (χ0v) is 13.3. The predicted molar refractivity (Wildman–Crippen MR) is 87.4 cm³/mol. The van der Waals surface area contributed by atoms with Crippen molar-refractivity contribution >= 4 is 40.5 Å². The van der Waals surface area contributed by atoms with Crippen molar-refractivity contribution in [2.24, 2.45) is 0 Å². The van der Waals surface area contributed by atoms with Gasteiger partial charge in [-0.25, -0.2) is 14.9 Å². The molecule has 0 radical (unpaired) electrons. The second kappa shape index (κ2) is 6.69. The third-order valence-corrected chi connectivity index (χ3v) is 4.06. The molecule has 3 N–H and O–H groups in total. The number of fused-ring (bicyclic) bond motifs is 3. The summed E-state index contributed by atoms with van der Waals surface area (Å²) in [6.45, 7) is 2.48. The van der Waals surface area contributed by atoms with Gasteiger partial charge in [-0.05, 0) is 18.6 Å². The summed E-state index contributed by atoms with van der Waals surface area (Å²) < 4.78 is 1.85. The predicted octanol–water partition coefficient (Wildman–Crippen LogP) is 1.54. The highest BCUT2D eigenvalue weighted by molar-refractivity contribution is 7.99. The summed E-state index contributed by atoms with van der Waals surface area (Å²) in [5, 5.41) is 12.5. The smallest absolute Gasteiger partial charge is 0.321 e. The molecule has 0 atom stereocenters. The molecule has 3 aromatic rings. The van der Waals surface area contributed by atoms with Crippen LogP contribution in [0.1, 0.15) is 13.3 Å². The number of imidazole rings is 1. The van der Waals surface area contributed by atoms with Crippen LogP contribution in [0.25, 0.3) is 16.8 Å². The Balaban J connectivity index is 1.67. The molecule has 3 rings (SSSR count). The number of aromatic amines is 1. The average Bonchev–Trinajstić information content (AvgIpc) is 3.10. The molecule has 0 aliphatic heterocycles. The number of nitrogens with zero attached hydrogens (tertiary/aromatic N) is 3. The zero-order chi connectivity index (χ0) is 16.2. The lowest BCUT2D eigenvalue weighted by Crippen LogP contribution is -2.40. The van der Waals surface area contributed by atoms with E-state index in [0.717, 1.165) is 17.5 Å². The molecule has 23 heavy (non-hydrogen) atoms. The van der Waals surface area contributed by atoms with E-state index in [-0.39, 0.29) is 11.7 Å². The molecule has 1 aromatic carbocycles. The second-order valence-electron chi connectivity index (χ2n) is 4.86. The minimum Gasteiger partial charge on any atom is -0.338 e. The van der Waals surface area contributed by atoms with Crippen molar-refractivity contribution in [3.63, 3.8) is 0 Å². The van der Waals surface area contributed by atoms with Crippen molar-refractivity contribution in [2.75, 3.05) is 12.3 Å². The van der Waals surface area contributed by atoms with E-state index in [1.807, 2.05) is 35.6 Å². The SMILES string of the molecule is CCCNC(=O)NC(=O)CSc1n[nH]c2nc3ccccc3n12. The summed E-state index contributed by atoms with van der Waals surface area (Å²) in [6.07, 6.45) is 0.815. The molecule has 2 heterocycles. The number of hydrogen-bond donors (Lipinski definition) is 3. The summed E-state index contributed by atoms with van der Waals surface area (Å²) in [5.41, 5.74) is 1.77. The van der Waals surface area contributed by atoms with Crippen LogP contribution in [-0.4, -0.2) is 43.8 Å². The molecule has 9 heteroatoms. The van der Waals surface area contributed by atoms with Crippen LogP contribution in [0.5, 0.6) is 0 Å². The number of rotatable bonds is 5. The van der Waals surface area contributed by atoms with Gasteiger partial charge in [0.25, 0.3) is 0 Å². The molecule has 8 nitrogen and oxygen atoms in total. The number of carbonyl (C=O) groups excluding carboxylic acids is 2. The van der Waals surface area contributed by atoms with Gasteiger partial charge in [-0.3, -0.25) is 14.5 Å². The molecule has 0 saturated carbocycles. The van der Waals surface area contributed by atoms with Crippen molar-refractivity contribution in [3.05, 3.63) is 24.3 Å². The minimum atomic E-state index is -0.474. The first-order valence-corrected chi connectivity index (χ1v) is 8.19. The van der Waals surface area contributed by atoms with Gasteiger partial charge in [0.15, 0.2) is 5.16 Å². The number of imide groups is 1. The van der Waals surface area contributed by atoms with Gasteiger partial charge in [0.1, 0.15) is 0 Å². The van der Waals surface area contributed by atoms with Crippen LogP contribution in [0.4, 0.5) is 4.79 Å². The van der Waals surface area contributed by atoms with Crippen molar-refractivity contribution in [1.82, 2.24) is 30.2 Å². The Bertz CT molecular complexity index is 855. The van der Waals surface area contributed by atoms with Crippen LogP contribution in [0.3, 0.4) is 0 Å². The maximum Gasteiger partial charge on any atom is 0.321 e. The normalized spacial score (nSPS) is 11.0. The molecular weight excluding hydrogens is 316 g/mol. The van der Waals surface area contributed by atoms with Gasteiger partial charge in [0.05, 0.1) is 16.8 Å². The van der Waals surface area contributed by atoms with E-state index in [0.29, 0.717) is 17.5 Å². The van der Waals surface area contributed by atoms with E-state index >= 15 is 0 Å². The number of urea groups is 1. The third-order valence-electron chi connectivity index (χ3n) is 3.12. The quantitative estimate of drug-likeness (QED) is 0.615. The maximum absolute atomic E-state index is 11.8. The molecule has 0 bridgehead atoms. The van der Waals surface area contributed by atoms with E-state index < -0.39 is 6.03 Å². The molecule has 120 valence electrons. The lowest BCUT2D eigenvalue weighted by molar-refractivity contribution is -0.117. The first-order chi connectivity index (χ1) is 11.2. The van der Waals surface area contributed by atoms with Crippen LogP contribution >= 0.6 is 11.8 Å². The van der Waals surface area contributed by atoms with Gasteiger partial charge in [-0.1, -0.05) is 30.8 Å².